The van der Waals surface area contributed by atoms with E-state index in [-0.39, 0.29) is 5.56 Å². The molecule has 0 atom stereocenters. The van der Waals surface area contributed by atoms with E-state index >= 15 is 0 Å². The van der Waals surface area contributed by atoms with Crippen molar-refractivity contribution < 1.29 is 0 Å². The van der Waals surface area contributed by atoms with Crippen molar-refractivity contribution in [2.24, 2.45) is 0 Å². The quantitative estimate of drug-likeness (QED) is 0.481. The average molecular weight is 425 g/mol. The largest absolute Gasteiger partial charge is 0.311 e. The highest BCUT2D eigenvalue weighted by molar-refractivity contribution is 5.64. The fraction of sp³-hybridized carbons (Fsp3) is 0.208. The SMILES string of the molecule is CCN(c1ccccc1)c1nccc(N2CCCn3c2nc(-c2ccncc2)cc3=O)n1. The van der Waals surface area contributed by atoms with Crippen molar-refractivity contribution in [2.45, 2.75) is 19.9 Å². The first kappa shape index (κ1) is 19.9. The van der Waals surface area contributed by atoms with Crippen molar-refractivity contribution >= 4 is 23.4 Å². The molecule has 0 amide bonds. The van der Waals surface area contributed by atoms with Crippen LogP contribution in [0.15, 0.2) is 78.0 Å². The summed E-state index contributed by atoms with van der Waals surface area (Å²) in [6.45, 7) is 4.16. The average Bonchev–Trinajstić information content (AvgIpc) is 2.85. The van der Waals surface area contributed by atoms with Crippen LogP contribution >= 0.6 is 0 Å². The van der Waals surface area contributed by atoms with Crippen LogP contribution in [-0.4, -0.2) is 37.6 Å². The number of hydrogen-bond acceptors (Lipinski definition) is 7. The van der Waals surface area contributed by atoms with E-state index in [9.17, 15) is 4.79 Å². The van der Waals surface area contributed by atoms with E-state index in [4.69, 9.17) is 9.97 Å². The van der Waals surface area contributed by atoms with E-state index in [2.05, 4.69) is 21.8 Å². The van der Waals surface area contributed by atoms with Gasteiger partial charge in [0.25, 0.3) is 5.56 Å². The Morgan fingerprint density at radius 3 is 2.56 bits per heavy atom. The van der Waals surface area contributed by atoms with Crippen LogP contribution in [0.3, 0.4) is 0 Å². The van der Waals surface area contributed by atoms with Gasteiger partial charge < -0.3 is 4.90 Å². The van der Waals surface area contributed by atoms with Gasteiger partial charge in [0, 0.05) is 55.5 Å². The summed E-state index contributed by atoms with van der Waals surface area (Å²) >= 11 is 0. The van der Waals surface area contributed by atoms with E-state index in [1.807, 2.05) is 53.4 Å². The van der Waals surface area contributed by atoms with Gasteiger partial charge in [-0.05, 0) is 43.7 Å². The molecule has 160 valence electrons. The lowest BCUT2D eigenvalue weighted by atomic mass is 10.2. The van der Waals surface area contributed by atoms with Gasteiger partial charge in [-0.15, -0.1) is 0 Å². The number of hydrogen-bond donors (Lipinski definition) is 0. The van der Waals surface area contributed by atoms with Gasteiger partial charge >= 0.3 is 0 Å². The molecule has 1 aromatic carbocycles. The molecular weight excluding hydrogens is 402 g/mol. The summed E-state index contributed by atoms with van der Waals surface area (Å²) in [6, 6.07) is 17.2. The normalized spacial score (nSPS) is 13.0. The topological polar surface area (TPSA) is 80.0 Å². The van der Waals surface area contributed by atoms with E-state index in [1.165, 1.54) is 0 Å². The molecule has 3 aromatic heterocycles. The summed E-state index contributed by atoms with van der Waals surface area (Å²) in [7, 11) is 0. The Kier molecular flexibility index (Phi) is 5.33. The second kappa shape index (κ2) is 8.58. The third-order valence-corrected chi connectivity index (χ3v) is 5.50. The van der Waals surface area contributed by atoms with Crippen LogP contribution < -0.4 is 15.4 Å². The van der Waals surface area contributed by atoms with Crippen molar-refractivity contribution in [1.82, 2.24) is 24.5 Å². The summed E-state index contributed by atoms with van der Waals surface area (Å²) < 4.78 is 1.71. The molecule has 0 bridgehead atoms. The highest BCUT2D eigenvalue weighted by Gasteiger charge is 2.24. The first-order valence-electron chi connectivity index (χ1n) is 10.7. The number of nitrogens with zero attached hydrogens (tertiary/aromatic N) is 7. The lowest BCUT2D eigenvalue weighted by molar-refractivity contribution is 0.561. The third kappa shape index (κ3) is 3.71. The minimum absolute atomic E-state index is 0.0692. The zero-order chi connectivity index (χ0) is 21.9. The standard InChI is InChI=1S/C24H23N7O/c1-2-29(19-7-4-3-5-8-19)23-26-14-11-21(28-23)30-15-6-16-31-22(32)17-20(27-24(30)31)18-9-12-25-13-10-18/h3-5,7-14,17H,2,6,15-16H2,1H3. The Morgan fingerprint density at radius 2 is 1.78 bits per heavy atom. The van der Waals surface area contributed by atoms with Gasteiger partial charge in [0.1, 0.15) is 5.82 Å². The van der Waals surface area contributed by atoms with Crippen LogP contribution in [-0.2, 0) is 6.54 Å². The molecule has 0 fully saturated rings. The molecule has 1 aliphatic heterocycles. The number of aromatic nitrogens is 5. The molecule has 4 aromatic rings. The van der Waals surface area contributed by atoms with Gasteiger partial charge in [0.15, 0.2) is 0 Å². The van der Waals surface area contributed by atoms with Crippen molar-refractivity contribution in [3.63, 3.8) is 0 Å². The van der Waals surface area contributed by atoms with Gasteiger partial charge in [-0.1, -0.05) is 18.2 Å². The van der Waals surface area contributed by atoms with E-state index in [0.29, 0.717) is 24.1 Å². The van der Waals surface area contributed by atoms with Gasteiger partial charge in [0.2, 0.25) is 11.9 Å². The van der Waals surface area contributed by atoms with Gasteiger partial charge in [-0.3, -0.25) is 19.2 Å². The fourth-order valence-corrected chi connectivity index (χ4v) is 3.95. The number of pyridine rings is 1. The van der Waals surface area contributed by atoms with Crippen LogP contribution in [0.4, 0.5) is 23.4 Å². The maximum atomic E-state index is 12.9. The minimum Gasteiger partial charge on any atom is -0.311 e. The molecule has 0 radical (unpaired) electrons. The second-order valence-corrected chi connectivity index (χ2v) is 7.47. The Hall–Kier alpha value is -4.07. The number of anilines is 4. The number of benzene rings is 1. The summed E-state index contributed by atoms with van der Waals surface area (Å²) in [5, 5.41) is 0. The maximum Gasteiger partial charge on any atom is 0.255 e. The van der Waals surface area contributed by atoms with Crippen molar-refractivity contribution in [3.05, 3.63) is 83.5 Å². The third-order valence-electron chi connectivity index (χ3n) is 5.50. The van der Waals surface area contributed by atoms with Crippen LogP contribution in [0.1, 0.15) is 13.3 Å². The van der Waals surface area contributed by atoms with Gasteiger partial charge in [-0.2, -0.15) is 4.98 Å². The van der Waals surface area contributed by atoms with Crippen LogP contribution in [0, 0.1) is 0 Å². The molecule has 0 aliphatic carbocycles. The Bertz CT molecular complexity index is 1270. The lowest BCUT2D eigenvalue weighted by Gasteiger charge is -2.31. The maximum absolute atomic E-state index is 12.9. The first-order chi connectivity index (χ1) is 15.7. The fourth-order valence-electron chi connectivity index (χ4n) is 3.95. The van der Waals surface area contributed by atoms with Gasteiger partial charge in [-0.25, -0.2) is 9.97 Å². The molecule has 0 unspecified atom stereocenters. The monoisotopic (exact) mass is 425 g/mol. The molecule has 5 rings (SSSR count). The summed E-state index contributed by atoms with van der Waals surface area (Å²) in [6.07, 6.45) is 5.99. The van der Waals surface area contributed by atoms with Crippen LogP contribution in [0.25, 0.3) is 11.3 Å². The van der Waals surface area contributed by atoms with E-state index < -0.39 is 0 Å². The lowest BCUT2D eigenvalue weighted by Crippen LogP contribution is -2.36. The number of fused-ring (bicyclic) bond motifs is 1. The molecule has 0 spiro atoms. The molecule has 0 saturated heterocycles. The molecule has 32 heavy (non-hydrogen) atoms. The van der Waals surface area contributed by atoms with Crippen molar-refractivity contribution in [3.8, 4) is 11.3 Å². The summed E-state index contributed by atoms with van der Waals surface area (Å²) in [5.41, 5.74) is 2.45. The molecule has 8 nitrogen and oxygen atoms in total. The van der Waals surface area contributed by atoms with Gasteiger partial charge in [0.05, 0.1) is 5.69 Å². The molecular formula is C24H23N7O. The Labute approximate surface area is 185 Å². The zero-order valence-electron chi connectivity index (χ0n) is 17.8. The first-order valence-corrected chi connectivity index (χ1v) is 10.7. The minimum atomic E-state index is -0.0692. The Morgan fingerprint density at radius 1 is 0.969 bits per heavy atom. The molecule has 0 N–H and O–H groups in total. The van der Waals surface area contributed by atoms with Crippen LogP contribution in [0.2, 0.25) is 0 Å². The predicted molar refractivity (Wildman–Crippen MR) is 125 cm³/mol. The van der Waals surface area contributed by atoms with E-state index in [1.54, 1.807) is 29.2 Å². The highest BCUT2D eigenvalue weighted by Crippen LogP contribution is 2.29. The molecule has 4 heterocycles. The molecule has 0 saturated carbocycles. The number of rotatable bonds is 5. The predicted octanol–water partition coefficient (Wildman–Crippen LogP) is 3.80. The Balaban J connectivity index is 1.57. The highest BCUT2D eigenvalue weighted by atomic mass is 16.1. The zero-order valence-corrected chi connectivity index (χ0v) is 17.8. The summed E-state index contributed by atoms with van der Waals surface area (Å²) in [4.78, 5) is 35.2. The number of para-hydroxylation sites is 1. The second-order valence-electron chi connectivity index (χ2n) is 7.47. The molecule has 8 heteroatoms. The van der Waals surface area contributed by atoms with Crippen molar-refractivity contribution in [2.75, 3.05) is 22.9 Å². The van der Waals surface area contributed by atoms with E-state index in [0.717, 1.165) is 36.6 Å². The smallest absolute Gasteiger partial charge is 0.255 e. The molecule has 1 aliphatic rings. The van der Waals surface area contributed by atoms with Crippen LogP contribution in [0.5, 0.6) is 0 Å². The van der Waals surface area contributed by atoms with Crippen molar-refractivity contribution in [1.29, 1.82) is 0 Å². The summed E-state index contributed by atoms with van der Waals surface area (Å²) in [5.74, 6) is 1.93.